The van der Waals surface area contributed by atoms with Crippen molar-refractivity contribution in [2.45, 2.75) is 47.1 Å². The van der Waals surface area contributed by atoms with Crippen LogP contribution in [0.15, 0.2) is 0 Å². The van der Waals surface area contributed by atoms with E-state index in [2.05, 4.69) is 0 Å². The molecule has 0 spiro atoms. The Kier molecular flexibility index (Phi) is 3.76. The van der Waals surface area contributed by atoms with E-state index in [1.807, 2.05) is 20.8 Å². The molecule has 80 valence electrons. The van der Waals surface area contributed by atoms with Gasteiger partial charge in [-0.25, -0.2) is 0 Å². The van der Waals surface area contributed by atoms with E-state index in [9.17, 15) is 9.46 Å². The summed E-state index contributed by atoms with van der Waals surface area (Å²) in [4.78, 5) is 9.52. The Bertz CT molecular complexity index is 190. The largest absolute Gasteiger partial charge is 0.329 e. The highest BCUT2D eigenvalue weighted by Crippen LogP contribution is 2.49. The molecule has 0 saturated carbocycles. The highest BCUT2D eigenvalue weighted by Gasteiger charge is 2.31. The minimum absolute atomic E-state index is 0.185. The third-order valence-corrected chi connectivity index (χ3v) is 3.27. The summed E-state index contributed by atoms with van der Waals surface area (Å²) in [6.45, 7) is 11.1. The van der Waals surface area contributed by atoms with E-state index in [0.717, 1.165) is 0 Å². The zero-order chi connectivity index (χ0) is 10.9. The van der Waals surface area contributed by atoms with E-state index in [4.69, 9.17) is 4.52 Å². The van der Waals surface area contributed by atoms with E-state index < -0.39 is 13.2 Å². The summed E-state index contributed by atoms with van der Waals surface area (Å²) in [5.74, 6) is 0. The van der Waals surface area contributed by atoms with Crippen molar-refractivity contribution in [1.82, 2.24) is 0 Å². The molecule has 0 aliphatic rings. The summed E-state index contributed by atoms with van der Waals surface area (Å²) >= 11 is 0. The van der Waals surface area contributed by atoms with Gasteiger partial charge >= 0.3 is 7.60 Å². The lowest BCUT2D eigenvalue weighted by Gasteiger charge is -2.27. The number of hydrogen-bond donors (Lipinski definition) is 1. The Labute approximate surface area is 81.0 Å². The second-order valence-electron chi connectivity index (χ2n) is 5.56. The lowest BCUT2D eigenvalue weighted by molar-refractivity contribution is 0.108. The van der Waals surface area contributed by atoms with Gasteiger partial charge in [-0.3, -0.25) is 4.57 Å². The molecule has 0 aromatic heterocycles. The van der Waals surface area contributed by atoms with Crippen LogP contribution in [0.4, 0.5) is 0 Å². The first-order chi connectivity index (χ1) is 5.41. The Balaban J connectivity index is 4.35. The van der Waals surface area contributed by atoms with Crippen LogP contribution in [-0.2, 0) is 9.09 Å². The van der Waals surface area contributed by atoms with E-state index in [0.29, 0.717) is 0 Å². The fourth-order valence-corrected chi connectivity index (χ4v) is 3.18. The second kappa shape index (κ2) is 3.72. The molecule has 1 unspecified atom stereocenters. The standard InChI is InChI=1S/C9H21O3P/c1-8(2,3)7-13(10,11)12-9(4,5)6/h7H2,1-6H3,(H,10,11). The average molecular weight is 208 g/mol. The highest BCUT2D eigenvalue weighted by atomic mass is 31.2. The molecule has 0 aromatic rings. The van der Waals surface area contributed by atoms with Gasteiger partial charge in [-0.1, -0.05) is 20.8 Å². The van der Waals surface area contributed by atoms with Crippen LogP contribution in [0.3, 0.4) is 0 Å². The lowest BCUT2D eigenvalue weighted by atomic mass is 10.0. The Hall–Kier alpha value is 0.150. The first-order valence-corrected chi connectivity index (χ1v) is 6.20. The van der Waals surface area contributed by atoms with E-state index in [1.165, 1.54) is 0 Å². The van der Waals surface area contributed by atoms with Crippen molar-refractivity contribution in [3.8, 4) is 0 Å². The average Bonchev–Trinajstić information content (AvgIpc) is 1.43. The summed E-state index contributed by atoms with van der Waals surface area (Å²) in [5, 5.41) is 0. The van der Waals surface area contributed by atoms with Gasteiger partial charge in [0.1, 0.15) is 0 Å². The first-order valence-electron chi connectivity index (χ1n) is 4.44. The molecule has 0 fully saturated rings. The summed E-state index contributed by atoms with van der Waals surface area (Å²) in [7, 11) is -3.44. The van der Waals surface area contributed by atoms with E-state index in [1.54, 1.807) is 20.8 Å². The molecule has 0 aliphatic heterocycles. The third-order valence-electron chi connectivity index (χ3n) is 1.09. The molecule has 0 aromatic carbocycles. The molecule has 0 heterocycles. The molecule has 13 heavy (non-hydrogen) atoms. The van der Waals surface area contributed by atoms with E-state index >= 15 is 0 Å². The quantitative estimate of drug-likeness (QED) is 0.709. The Morgan fingerprint density at radius 3 is 1.77 bits per heavy atom. The summed E-state index contributed by atoms with van der Waals surface area (Å²) in [6, 6.07) is 0. The van der Waals surface area contributed by atoms with Gasteiger partial charge in [-0.15, -0.1) is 0 Å². The molecule has 0 aliphatic carbocycles. The fraction of sp³-hybridized carbons (Fsp3) is 1.00. The Morgan fingerprint density at radius 1 is 1.15 bits per heavy atom. The van der Waals surface area contributed by atoms with Crippen LogP contribution in [0.2, 0.25) is 0 Å². The molecule has 0 radical (unpaired) electrons. The van der Waals surface area contributed by atoms with Crippen molar-refractivity contribution in [3.05, 3.63) is 0 Å². The Morgan fingerprint density at radius 2 is 1.54 bits per heavy atom. The van der Waals surface area contributed by atoms with Gasteiger partial charge in [0.25, 0.3) is 0 Å². The van der Waals surface area contributed by atoms with Crippen LogP contribution in [0.1, 0.15) is 41.5 Å². The van der Waals surface area contributed by atoms with Gasteiger partial charge in [-0.05, 0) is 26.2 Å². The monoisotopic (exact) mass is 208 g/mol. The highest BCUT2D eigenvalue weighted by molar-refractivity contribution is 7.52. The smallest absolute Gasteiger partial charge is 0.324 e. The number of rotatable bonds is 2. The second-order valence-corrected chi connectivity index (χ2v) is 7.33. The maximum atomic E-state index is 11.6. The molecular formula is C9H21O3P. The van der Waals surface area contributed by atoms with Crippen molar-refractivity contribution >= 4 is 7.60 Å². The molecule has 4 heteroatoms. The van der Waals surface area contributed by atoms with Crippen molar-refractivity contribution in [2.75, 3.05) is 6.16 Å². The molecule has 0 amide bonds. The molecule has 1 N–H and O–H groups in total. The van der Waals surface area contributed by atoms with E-state index in [-0.39, 0.29) is 11.6 Å². The SMILES string of the molecule is CC(C)(C)CP(=O)(O)OC(C)(C)C. The summed E-state index contributed by atoms with van der Waals surface area (Å²) in [6.07, 6.45) is 0.192. The zero-order valence-electron chi connectivity index (χ0n) is 9.42. The fourth-order valence-electron chi connectivity index (χ4n) is 1.06. The molecule has 0 saturated heterocycles. The third kappa shape index (κ3) is 8.48. The zero-order valence-corrected chi connectivity index (χ0v) is 10.3. The minimum atomic E-state index is -3.44. The minimum Gasteiger partial charge on any atom is -0.324 e. The van der Waals surface area contributed by atoms with Gasteiger partial charge in [0.15, 0.2) is 0 Å². The summed E-state index contributed by atoms with van der Waals surface area (Å²) in [5.41, 5.74) is -0.745. The molecule has 0 bridgehead atoms. The van der Waals surface area contributed by atoms with Crippen molar-refractivity contribution in [1.29, 1.82) is 0 Å². The lowest BCUT2D eigenvalue weighted by Crippen LogP contribution is -2.21. The van der Waals surface area contributed by atoms with Crippen LogP contribution in [0, 0.1) is 5.41 Å². The predicted molar refractivity (Wildman–Crippen MR) is 55.0 cm³/mol. The predicted octanol–water partition coefficient (Wildman–Crippen LogP) is 3.03. The van der Waals surface area contributed by atoms with Crippen molar-refractivity contribution < 1.29 is 14.0 Å². The van der Waals surface area contributed by atoms with Gasteiger partial charge in [0, 0.05) is 0 Å². The molecule has 0 rings (SSSR count). The van der Waals surface area contributed by atoms with Crippen LogP contribution in [0.25, 0.3) is 0 Å². The van der Waals surface area contributed by atoms with Gasteiger partial charge < -0.3 is 9.42 Å². The van der Waals surface area contributed by atoms with Gasteiger partial charge in [0.2, 0.25) is 0 Å². The van der Waals surface area contributed by atoms with Crippen LogP contribution < -0.4 is 0 Å². The molecular weight excluding hydrogens is 187 g/mol. The normalized spacial score (nSPS) is 18.4. The summed E-state index contributed by atoms with van der Waals surface area (Å²) < 4.78 is 16.7. The maximum absolute atomic E-state index is 11.6. The first kappa shape index (κ1) is 13.2. The van der Waals surface area contributed by atoms with Gasteiger partial charge in [0.05, 0.1) is 11.8 Å². The van der Waals surface area contributed by atoms with Gasteiger partial charge in [-0.2, -0.15) is 0 Å². The molecule has 3 nitrogen and oxygen atoms in total. The molecule has 1 atom stereocenters. The van der Waals surface area contributed by atoms with Crippen molar-refractivity contribution in [3.63, 3.8) is 0 Å². The van der Waals surface area contributed by atoms with Crippen molar-refractivity contribution in [2.24, 2.45) is 5.41 Å². The topological polar surface area (TPSA) is 46.5 Å². The maximum Gasteiger partial charge on any atom is 0.329 e. The van der Waals surface area contributed by atoms with Crippen LogP contribution in [0.5, 0.6) is 0 Å². The van der Waals surface area contributed by atoms with Crippen LogP contribution >= 0.6 is 7.60 Å². The van der Waals surface area contributed by atoms with Crippen LogP contribution in [-0.4, -0.2) is 16.7 Å². The number of hydrogen-bond acceptors (Lipinski definition) is 2.